The zero-order chi connectivity index (χ0) is 18.6. The number of nitrogens with zero attached hydrogens (tertiary/aromatic N) is 1. The van der Waals surface area contributed by atoms with Crippen LogP contribution in [0.25, 0.3) is 10.9 Å². The molecule has 4 nitrogen and oxygen atoms in total. The predicted molar refractivity (Wildman–Crippen MR) is 111 cm³/mol. The van der Waals surface area contributed by atoms with Gasteiger partial charge in [0.15, 0.2) is 0 Å². The van der Waals surface area contributed by atoms with Crippen LogP contribution in [0.3, 0.4) is 0 Å². The average Bonchev–Trinajstić information content (AvgIpc) is 2.70. The Morgan fingerprint density at radius 1 is 0.852 bits per heavy atom. The molecular formula is C23H19N3O. The number of pyridine rings is 1. The summed E-state index contributed by atoms with van der Waals surface area (Å²) in [5.74, 6) is -0.113. The largest absolute Gasteiger partial charge is 0.354 e. The number of nitrogens with one attached hydrogen (secondary N) is 2. The molecule has 0 aliphatic carbocycles. The van der Waals surface area contributed by atoms with Gasteiger partial charge >= 0.3 is 0 Å². The molecule has 2 N–H and O–H groups in total. The average molecular weight is 353 g/mol. The van der Waals surface area contributed by atoms with Gasteiger partial charge < -0.3 is 10.6 Å². The summed E-state index contributed by atoms with van der Waals surface area (Å²) in [4.78, 5) is 16.8. The fraction of sp³-hybridized carbons (Fsp3) is 0.0435. The van der Waals surface area contributed by atoms with Crippen LogP contribution < -0.4 is 10.6 Å². The lowest BCUT2D eigenvalue weighted by atomic mass is 10.1. The molecule has 1 amide bonds. The lowest BCUT2D eigenvalue weighted by Crippen LogP contribution is -2.11. The predicted octanol–water partition coefficient (Wildman–Crippen LogP) is 5.54. The second-order valence-electron chi connectivity index (χ2n) is 6.41. The molecule has 0 atom stereocenters. The van der Waals surface area contributed by atoms with Crippen molar-refractivity contribution in [2.75, 3.05) is 10.6 Å². The van der Waals surface area contributed by atoms with E-state index in [1.54, 1.807) is 6.20 Å². The number of carbonyl (C=O) groups is 1. The third kappa shape index (κ3) is 3.80. The molecule has 4 heteroatoms. The van der Waals surface area contributed by atoms with E-state index in [1.165, 1.54) is 0 Å². The third-order valence-corrected chi connectivity index (χ3v) is 4.33. The van der Waals surface area contributed by atoms with Crippen molar-refractivity contribution in [2.24, 2.45) is 0 Å². The molecule has 132 valence electrons. The first-order valence-electron chi connectivity index (χ1n) is 8.78. The van der Waals surface area contributed by atoms with E-state index in [-0.39, 0.29) is 5.91 Å². The highest BCUT2D eigenvalue weighted by Gasteiger charge is 2.07. The summed E-state index contributed by atoms with van der Waals surface area (Å²) >= 11 is 0. The maximum absolute atomic E-state index is 12.4. The van der Waals surface area contributed by atoms with Crippen LogP contribution in [0.5, 0.6) is 0 Å². The highest BCUT2D eigenvalue weighted by molar-refractivity contribution is 6.04. The number of hydrogen-bond donors (Lipinski definition) is 2. The number of fused-ring (bicyclic) bond motifs is 1. The van der Waals surface area contributed by atoms with E-state index in [0.29, 0.717) is 5.56 Å². The van der Waals surface area contributed by atoms with Crippen molar-refractivity contribution in [3.05, 3.63) is 96.2 Å². The highest BCUT2D eigenvalue weighted by atomic mass is 16.1. The molecule has 27 heavy (non-hydrogen) atoms. The van der Waals surface area contributed by atoms with Crippen LogP contribution in [0, 0.1) is 6.92 Å². The van der Waals surface area contributed by atoms with Gasteiger partial charge in [-0.05, 0) is 55.5 Å². The molecule has 1 aromatic heterocycles. The number of para-hydroxylation sites is 1. The van der Waals surface area contributed by atoms with Crippen molar-refractivity contribution >= 4 is 33.9 Å². The van der Waals surface area contributed by atoms with Gasteiger partial charge in [-0.25, -0.2) is 0 Å². The van der Waals surface area contributed by atoms with E-state index in [1.807, 2.05) is 85.8 Å². The SMILES string of the molecule is Cc1cccc(C(=O)Nc2ccc(Nc3cccc4cccnc34)cc2)c1. The minimum atomic E-state index is -0.113. The Kier molecular flexibility index (Phi) is 4.54. The van der Waals surface area contributed by atoms with Crippen LogP contribution in [0.1, 0.15) is 15.9 Å². The summed E-state index contributed by atoms with van der Waals surface area (Å²) in [6, 6.07) is 25.2. The van der Waals surface area contributed by atoms with Crippen molar-refractivity contribution in [2.45, 2.75) is 6.92 Å². The molecule has 0 saturated heterocycles. The summed E-state index contributed by atoms with van der Waals surface area (Å²) in [5, 5.41) is 7.41. The molecule has 0 bridgehead atoms. The lowest BCUT2D eigenvalue weighted by molar-refractivity contribution is 0.102. The number of amides is 1. The number of hydrogen-bond acceptors (Lipinski definition) is 3. The Bertz CT molecular complexity index is 1100. The molecule has 4 aromatic rings. The van der Waals surface area contributed by atoms with E-state index in [2.05, 4.69) is 15.6 Å². The van der Waals surface area contributed by atoms with Crippen LogP contribution >= 0.6 is 0 Å². The fourth-order valence-corrected chi connectivity index (χ4v) is 2.99. The standard InChI is InChI=1S/C23H19N3O/c1-16-5-2-7-18(15-16)23(27)26-20-12-10-19(11-13-20)25-21-9-3-6-17-8-4-14-24-22(17)21/h2-15,25H,1H3,(H,26,27). The van der Waals surface area contributed by atoms with Crippen molar-refractivity contribution in [1.82, 2.24) is 4.98 Å². The number of anilines is 3. The molecule has 0 fully saturated rings. The summed E-state index contributed by atoms with van der Waals surface area (Å²) < 4.78 is 0. The Hall–Kier alpha value is -3.66. The molecule has 0 aliphatic heterocycles. The summed E-state index contributed by atoms with van der Waals surface area (Å²) in [6.07, 6.45) is 1.79. The maximum atomic E-state index is 12.4. The molecule has 0 saturated carbocycles. The molecule has 4 rings (SSSR count). The first-order valence-corrected chi connectivity index (χ1v) is 8.78. The van der Waals surface area contributed by atoms with Crippen molar-refractivity contribution < 1.29 is 4.79 Å². The maximum Gasteiger partial charge on any atom is 0.255 e. The quantitative estimate of drug-likeness (QED) is 0.506. The molecule has 3 aromatic carbocycles. The van der Waals surface area contributed by atoms with Crippen LogP contribution in [0.2, 0.25) is 0 Å². The van der Waals surface area contributed by atoms with Gasteiger partial charge in [0.2, 0.25) is 0 Å². The Morgan fingerprint density at radius 2 is 1.59 bits per heavy atom. The molecule has 1 heterocycles. The summed E-state index contributed by atoms with van der Waals surface area (Å²) in [5.41, 5.74) is 5.27. The zero-order valence-corrected chi connectivity index (χ0v) is 14.9. The number of aromatic nitrogens is 1. The van der Waals surface area contributed by atoms with Gasteiger partial charge in [-0.1, -0.05) is 35.9 Å². The Morgan fingerprint density at radius 3 is 2.41 bits per heavy atom. The topological polar surface area (TPSA) is 54.0 Å². The zero-order valence-electron chi connectivity index (χ0n) is 14.9. The molecule has 0 radical (unpaired) electrons. The molecule has 0 aliphatic rings. The van der Waals surface area contributed by atoms with Gasteiger partial charge in [0, 0.05) is 28.5 Å². The lowest BCUT2D eigenvalue weighted by Gasteiger charge is -2.10. The van der Waals surface area contributed by atoms with Crippen molar-refractivity contribution in [3.63, 3.8) is 0 Å². The number of aryl methyl sites for hydroxylation is 1. The van der Waals surface area contributed by atoms with Gasteiger partial charge in [-0.15, -0.1) is 0 Å². The normalized spacial score (nSPS) is 10.6. The Labute approximate surface area is 157 Å². The fourth-order valence-electron chi connectivity index (χ4n) is 2.99. The monoisotopic (exact) mass is 353 g/mol. The smallest absolute Gasteiger partial charge is 0.255 e. The Balaban J connectivity index is 1.50. The van der Waals surface area contributed by atoms with Gasteiger partial charge in [-0.2, -0.15) is 0 Å². The molecule has 0 spiro atoms. The minimum Gasteiger partial charge on any atom is -0.354 e. The molecular weight excluding hydrogens is 334 g/mol. The van der Waals surface area contributed by atoms with Gasteiger partial charge in [0.1, 0.15) is 0 Å². The van der Waals surface area contributed by atoms with Crippen LogP contribution in [0.4, 0.5) is 17.1 Å². The number of benzene rings is 3. The van der Waals surface area contributed by atoms with E-state index in [0.717, 1.165) is 33.5 Å². The van der Waals surface area contributed by atoms with E-state index in [4.69, 9.17) is 0 Å². The van der Waals surface area contributed by atoms with Gasteiger partial charge in [-0.3, -0.25) is 9.78 Å². The number of carbonyl (C=O) groups excluding carboxylic acids is 1. The van der Waals surface area contributed by atoms with E-state index < -0.39 is 0 Å². The molecule has 0 unspecified atom stereocenters. The third-order valence-electron chi connectivity index (χ3n) is 4.33. The minimum absolute atomic E-state index is 0.113. The summed E-state index contributed by atoms with van der Waals surface area (Å²) in [7, 11) is 0. The van der Waals surface area contributed by atoms with Crippen LogP contribution in [0.15, 0.2) is 85.1 Å². The van der Waals surface area contributed by atoms with Crippen molar-refractivity contribution in [3.8, 4) is 0 Å². The number of rotatable bonds is 4. The summed E-state index contributed by atoms with van der Waals surface area (Å²) in [6.45, 7) is 1.97. The van der Waals surface area contributed by atoms with Crippen molar-refractivity contribution in [1.29, 1.82) is 0 Å². The first-order chi connectivity index (χ1) is 13.2. The second-order valence-corrected chi connectivity index (χ2v) is 6.41. The first kappa shape index (κ1) is 16.8. The van der Waals surface area contributed by atoms with E-state index >= 15 is 0 Å². The van der Waals surface area contributed by atoms with Gasteiger partial charge in [0.25, 0.3) is 5.91 Å². The second kappa shape index (κ2) is 7.30. The van der Waals surface area contributed by atoms with Crippen LogP contribution in [-0.2, 0) is 0 Å². The van der Waals surface area contributed by atoms with Gasteiger partial charge in [0.05, 0.1) is 11.2 Å². The van der Waals surface area contributed by atoms with Crippen LogP contribution in [-0.4, -0.2) is 10.9 Å². The van der Waals surface area contributed by atoms with E-state index in [9.17, 15) is 4.79 Å². The highest BCUT2D eigenvalue weighted by Crippen LogP contribution is 2.25.